The predicted octanol–water partition coefficient (Wildman–Crippen LogP) is 1.76. The Morgan fingerprint density at radius 2 is 2.06 bits per heavy atom. The number of aryl methyl sites for hydroxylation is 2. The SMILES string of the molecule is Cc1cc(C)nc(NC(CC(=O)O)C2CC2)n1. The van der Waals surface area contributed by atoms with E-state index in [9.17, 15) is 4.79 Å². The molecule has 0 amide bonds. The van der Waals surface area contributed by atoms with Crippen molar-refractivity contribution in [3.63, 3.8) is 0 Å². The van der Waals surface area contributed by atoms with Gasteiger partial charge in [-0.15, -0.1) is 0 Å². The van der Waals surface area contributed by atoms with E-state index >= 15 is 0 Å². The number of aliphatic carboxylic acids is 1. The second kappa shape index (κ2) is 4.69. The number of hydrogen-bond donors (Lipinski definition) is 2. The second-order valence-corrected chi connectivity index (χ2v) is 4.66. The highest BCUT2D eigenvalue weighted by Crippen LogP contribution is 2.35. The molecule has 0 spiro atoms. The summed E-state index contributed by atoms with van der Waals surface area (Å²) in [6.07, 6.45) is 2.31. The van der Waals surface area contributed by atoms with E-state index in [2.05, 4.69) is 15.3 Å². The van der Waals surface area contributed by atoms with Crippen molar-refractivity contribution in [2.24, 2.45) is 5.92 Å². The summed E-state index contributed by atoms with van der Waals surface area (Å²) in [5, 5.41) is 12.0. The van der Waals surface area contributed by atoms with Crippen molar-refractivity contribution in [2.75, 3.05) is 5.32 Å². The first-order chi connectivity index (χ1) is 8.04. The average Bonchev–Trinajstić information content (AvgIpc) is 2.96. The minimum atomic E-state index is -0.779. The van der Waals surface area contributed by atoms with Gasteiger partial charge in [0.25, 0.3) is 0 Å². The number of aromatic nitrogens is 2. The van der Waals surface area contributed by atoms with Crippen molar-refractivity contribution < 1.29 is 9.90 Å². The maximum Gasteiger partial charge on any atom is 0.305 e. The average molecular weight is 235 g/mol. The van der Waals surface area contributed by atoms with Crippen LogP contribution in [0.3, 0.4) is 0 Å². The molecule has 92 valence electrons. The first-order valence-corrected chi connectivity index (χ1v) is 5.85. The summed E-state index contributed by atoms with van der Waals surface area (Å²) in [7, 11) is 0. The zero-order chi connectivity index (χ0) is 12.4. The standard InChI is InChI=1S/C12H17N3O2/c1-7-5-8(2)14-12(13-7)15-10(6-11(16)17)9-3-4-9/h5,9-10H,3-4,6H2,1-2H3,(H,16,17)(H,13,14,15). The molecule has 0 bridgehead atoms. The van der Waals surface area contributed by atoms with Gasteiger partial charge in [0.15, 0.2) is 0 Å². The molecule has 0 aromatic carbocycles. The van der Waals surface area contributed by atoms with Gasteiger partial charge < -0.3 is 10.4 Å². The molecule has 5 nitrogen and oxygen atoms in total. The summed E-state index contributed by atoms with van der Waals surface area (Å²) >= 11 is 0. The Morgan fingerprint density at radius 1 is 1.47 bits per heavy atom. The molecule has 1 saturated carbocycles. The number of carboxylic acid groups (broad SMARTS) is 1. The maximum absolute atomic E-state index is 10.8. The van der Waals surface area contributed by atoms with E-state index in [1.807, 2.05) is 19.9 Å². The lowest BCUT2D eigenvalue weighted by Gasteiger charge is -2.16. The van der Waals surface area contributed by atoms with E-state index in [1.54, 1.807) is 0 Å². The van der Waals surface area contributed by atoms with Crippen LogP contribution >= 0.6 is 0 Å². The third kappa shape index (κ3) is 3.41. The molecule has 1 unspecified atom stereocenters. The second-order valence-electron chi connectivity index (χ2n) is 4.66. The number of carbonyl (C=O) groups is 1. The summed E-state index contributed by atoms with van der Waals surface area (Å²) in [6, 6.07) is 1.85. The zero-order valence-corrected chi connectivity index (χ0v) is 10.1. The molecule has 0 radical (unpaired) electrons. The molecule has 0 saturated heterocycles. The van der Waals surface area contributed by atoms with Gasteiger partial charge in [0.2, 0.25) is 5.95 Å². The van der Waals surface area contributed by atoms with Gasteiger partial charge in [0.05, 0.1) is 6.42 Å². The summed E-state index contributed by atoms with van der Waals surface area (Å²) in [6.45, 7) is 3.81. The van der Waals surface area contributed by atoms with Gasteiger partial charge in [0.1, 0.15) is 0 Å². The van der Waals surface area contributed by atoms with Crippen molar-refractivity contribution in [2.45, 2.75) is 39.2 Å². The molecule has 2 rings (SSSR count). The van der Waals surface area contributed by atoms with Crippen LogP contribution in [0.25, 0.3) is 0 Å². The highest BCUT2D eigenvalue weighted by molar-refractivity contribution is 5.68. The van der Waals surface area contributed by atoms with E-state index in [0.29, 0.717) is 11.9 Å². The molecule has 1 atom stereocenters. The molecular weight excluding hydrogens is 218 g/mol. The molecule has 1 aliphatic carbocycles. The fraction of sp³-hybridized carbons (Fsp3) is 0.583. The van der Waals surface area contributed by atoms with Gasteiger partial charge in [-0.3, -0.25) is 4.79 Å². The number of nitrogens with one attached hydrogen (secondary N) is 1. The molecule has 1 heterocycles. The monoisotopic (exact) mass is 235 g/mol. The Morgan fingerprint density at radius 3 is 2.53 bits per heavy atom. The smallest absolute Gasteiger partial charge is 0.305 e. The van der Waals surface area contributed by atoms with E-state index in [0.717, 1.165) is 24.2 Å². The third-order valence-electron chi connectivity index (χ3n) is 2.88. The van der Waals surface area contributed by atoms with Crippen molar-refractivity contribution in [1.29, 1.82) is 0 Å². The summed E-state index contributed by atoms with van der Waals surface area (Å²) in [5.74, 6) is 0.218. The Kier molecular flexibility index (Phi) is 3.26. The lowest BCUT2D eigenvalue weighted by molar-refractivity contribution is -0.137. The molecule has 2 N–H and O–H groups in total. The Labute approximate surface area is 100 Å². The number of nitrogens with zero attached hydrogens (tertiary/aromatic N) is 2. The molecule has 17 heavy (non-hydrogen) atoms. The maximum atomic E-state index is 10.8. The van der Waals surface area contributed by atoms with E-state index < -0.39 is 5.97 Å². The lowest BCUT2D eigenvalue weighted by atomic mass is 10.1. The zero-order valence-electron chi connectivity index (χ0n) is 10.1. The number of carboxylic acids is 1. The minimum absolute atomic E-state index is 0.0475. The van der Waals surface area contributed by atoms with Gasteiger partial charge in [-0.25, -0.2) is 9.97 Å². The number of hydrogen-bond acceptors (Lipinski definition) is 4. The normalized spacial score (nSPS) is 16.6. The Hall–Kier alpha value is -1.65. The van der Waals surface area contributed by atoms with E-state index in [-0.39, 0.29) is 12.5 Å². The lowest BCUT2D eigenvalue weighted by Crippen LogP contribution is -2.26. The minimum Gasteiger partial charge on any atom is -0.481 e. The number of rotatable bonds is 5. The molecular formula is C12H17N3O2. The highest BCUT2D eigenvalue weighted by atomic mass is 16.4. The van der Waals surface area contributed by atoms with Crippen molar-refractivity contribution in [3.05, 3.63) is 17.5 Å². The predicted molar refractivity (Wildman–Crippen MR) is 63.9 cm³/mol. The first kappa shape index (κ1) is 11.8. The fourth-order valence-corrected chi connectivity index (χ4v) is 1.98. The van der Waals surface area contributed by atoms with Gasteiger partial charge in [-0.05, 0) is 38.7 Å². The van der Waals surface area contributed by atoms with Crippen molar-refractivity contribution in [3.8, 4) is 0 Å². The molecule has 1 aromatic rings. The summed E-state index contributed by atoms with van der Waals surface area (Å²) in [5.41, 5.74) is 1.79. The highest BCUT2D eigenvalue weighted by Gasteiger charge is 2.33. The van der Waals surface area contributed by atoms with E-state index in [4.69, 9.17) is 5.11 Å². The number of anilines is 1. The van der Waals surface area contributed by atoms with Crippen LogP contribution in [-0.2, 0) is 4.79 Å². The van der Waals surface area contributed by atoms with Crippen LogP contribution in [0.15, 0.2) is 6.07 Å². The first-order valence-electron chi connectivity index (χ1n) is 5.85. The van der Waals surface area contributed by atoms with Crippen LogP contribution in [0, 0.1) is 19.8 Å². The van der Waals surface area contributed by atoms with Gasteiger partial charge in [-0.1, -0.05) is 0 Å². The van der Waals surface area contributed by atoms with Gasteiger partial charge in [-0.2, -0.15) is 0 Å². The van der Waals surface area contributed by atoms with Crippen LogP contribution in [0.1, 0.15) is 30.7 Å². The fourth-order valence-electron chi connectivity index (χ4n) is 1.98. The topological polar surface area (TPSA) is 75.1 Å². The van der Waals surface area contributed by atoms with Crippen LogP contribution in [0.4, 0.5) is 5.95 Å². The van der Waals surface area contributed by atoms with Crippen LogP contribution in [0.2, 0.25) is 0 Å². The summed E-state index contributed by atoms with van der Waals surface area (Å²) < 4.78 is 0. The molecule has 1 fully saturated rings. The van der Waals surface area contributed by atoms with Crippen molar-refractivity contribution in [1.82, 2.24) is 9.97 Å². The molecule has 5 heteroatoms. The Bertz CT molecular complexity index is 410. The van der Waals surface area contributed by atoms with Crippen LogP contribution < -0.4 is 5.32 Å². The Balaban J connectivity index is 2.08. The molecule has 1 aliphatic rings. The van der Waals surface area contributed by atoms with Gasteiger partial charge >= 0.3 is 5.97 Å². The van der Waals surface area contributed by atoms with Gasteiger partial charge in [0, 0.05) is 17.4 Å². The van der Waals surface area contributed by atoms with E-state index in [1.165, 1.54) is 0 Å². The molecule has 1 aromatic heterocycles. The largest absolute Gasteiger partial charge is 0.481 e. The summed E-state index contributed by atoms with van der Waals surface area (Å²) in [4.78, 5) is 19.3. The third-order valence-corrected chi connectivity index (χ3v) is 2.88. The van der Waals surface area contributed by atoms with Crippen LogP contribution in [-0.4, -0.2) is 27.1 Å². The quantitative estimate of drug-likeness (QED) is 0.813. The van der Waals surface area contributed by atoms with Crippen molar-refractivity contribution >= 4 is 11.9 Å². The molecule has 0 aliphatic heterocycles. The van der Waals surface area contributed by atoms with Crippen LogP contribution in [0.5, 0.6) is 0 Å².